The quantitative estimate of drug-likeness (QED) is 0.870. The molecule has 0 aliphatic carbocycles. The van der Waals surface area contributed by atoms with Gasteiger partial charge in [-0.05, 0) is 31.4 Å². The van der Waals surface area contributed by atoms with E-state index in [4.69, 9.17) is 4.42 Å². The van der Waals surface area contributed by atoms with Crippen molar-refractivity contribution in [3.8, 4) is 0 Å². The van der Waals surface area contributed by atoms with Crippen LogP contribution in [0.4, 0.5) is 0 Å². The van der Waals surface area contributed by atoms with Crippen LogP contribution in [0.2, 0.25) is 0 Å². The number of sulfonamides is 1. The number of benzene rings is 1. The summed E-state index contributed by atoms with van der Waals surface area (Å²) in [6.45, 7) is 1.54. The Kier molecular flexibility index (Phi) is 3.92. The molecule has 2 saturated heterocycles. The standard InChI is InChI=1S/C16H19N3O5S/c20-15-2-1-7-19(15)11-5-8-18(9-6-11)25(22,23)12-3-4-13-14(10-12)24-16(21)17-13/h3-4,10-11H,1-2,5-9H2,(H,17,21). The molecular weight excluding hydrogens is 346 g/mol. The molecule has 0 spiro atoms. The van der Waals surface area contributed by atoms with E-state index in [0.717, 1.165) is 13.0 Å². The highest BCUT2D eigenvalue weighted by molar-refractivity contribution is 7.89. The van der Waals surface area contributed by atoms with Gasteiger partial charge in [-0.3, -0.25) is 9.78 Å². The van der Waals surface area contributed by atoms with Crippen LogP contribution in [0.3, 0.4) is 0 Å². The monoisotopic (exact) mass is 365 g/mol. The molecule has 0 radical (unpaired) electrons. The third-order valence-electron chi connectivity index (χ3n) is 5.00. The van der Waals surface area contributed by atoms with Gasteiger partial charge >= 0.3 is 5.76 Å². The molecular formula is C16H19N3O5S. The van der Waals surface area contributed by atoms with Gasteiger partial charge in [0.1, 0.15) is 0 Å². The van der Waals surface area contributed by atoms with Crippen molar-refractivity contribution in [3.63, 3.8) is 0 Å². The maximum Gasteiger partial charge on any atom is 0.417 e. The summed E-state index contributed by atoms with van der Waals surface area (Å²) in [6, 6.07) is 4.51. The van der Waals surface area contributed by atoms with Crippen LogP contribution in [-0.4, -0.2) is 54.2 Å². The second-order valence-electron chi connectivity index (χ2n) is 6.50. The van der Waals surface area contributed by atoms with Gasteiger partial charge in [-0.15, -0.1) is 0 Å². The number of nitrogens with one attached hydrogen (secondary N) is 1. The molecule has 9 heteroatoms. The second-order valence-corrected chi connectivity index (χ2v) is 8.44. The number of carbonyl (C=O) groups excluding carboxylic acids is 1. The lowest BCUT2D eigenvalue weighted by molar-refractivity contribution is -0.130. The Morgan fingerprint density at radius 3 is 2.56 bits per heavy atom. The summed E-state index contributed by atoms with van der Waals surface area (Å²) in [4.78, 5) is 27.6. The third-order valence-corrected chi connectivity index (χ3v) is 6.90. The molecule has 0 bridgehead atoms. The Balaban J connectivity index is 1.52. The summed E-state index contributed by atoms with van der Waals surface area (Å²) in [6.07, 6.45) is 2.78. The molecule has 0 atom stereocenters. The number of likely N-dealkylation sites (tertiary alicyclic amines) is 1. The number of hydrogen-bond acceptors (Lipinski definition) is 5. The predicted octanol–water partition coefficient (Wildman–Crippen LogP) is 0.897. The van der Waals surface area contributed by atoms with Crippen LogP contribution in [0, 0.1) is 0 Å². The van der Waals surface area contributed by atoms with E-state index in [1.807, 2.05) is 4.90 Å². The van der Waals surface area contributed by atoms with E-state index in [1.165, 1.54) is 22.5 Å². The molecule has 2 fully saturated rings. The van der Waals surface area contributed by atoms with Gasteiger partial charge in [-0.25, -0.2) is 13.2 Å². The zero-order valence-corrected chi connectivity index (χ0v) is 14.4. The van der Waals surface area contributed by atoms with E-state index in [2.05, 4.69) is 4.98 Å². The number of aromatic nitrogens is 1. The minimum absolute atomic E-state index is 0.110. The molecule has 8 nitrogen and oxygen atoms in total. The molecule has 0 saturated carbocycles. The SMILES string of the molecule is O=C1CCCN1C1CCN(S(=O)(=O)c2ccc3[nH]c(=O)oc3c2)CC1. The Hall–Kier alpha value is -2.13. The van der Waals surface area contributed by atoms with Crippen LogP contribution in [-0.2, 0) is 14.8 Å². The average molecular weight is 365 g/mol. The number of fused-ring (bicyclic) bond motifs is 1. The molecule has 4 rings (SSSR count). The van der Waals surface area contributed by atoms with E-state index < -0.39 is 15.8 Å². The molecule has 2 aliphatic rings. The second kappa shape index (κ2) is 5.99. The minimum Gasteiger partial charge on any atom is -0.408 e. The summed E-state index contributed by atoms with van der Waals surface area (Å²) in [7, 11) is -3.65. The van der Waals surface area contributed by atoms with Gasteiger partial charge in [0, 0.05) is 38.2 Å². The molecule has 2 aliphatic heterocycles. The largest absolute Gasteiger partial charge is 0.417 e. The number of carbonyl (C=O) groups is 1. The fraction of sp³-hybridized carbons (Fsp3) is 0.500. The van der Waals surface area contributed by atoms with E-state index in [9.17, 15) is 18.0 Å². The summed E-state index contributed by atoms with van der Waals surface area (Å²) in [5, 5.41) is 0. The van der Waals surface area contributed by atoms with E-state index in [0.29, 0.717) is 37.9 Å². The summed E-state index contributed by atoms with van der Waals surface area (Å²) < 4.78 is 32.1. The minimum atomic E-state index is -3.65. The molecule has 3 heterocycles. The van der Waals surface area contributed by atoms with Crippen molar-refractivity contribution >= 4 is 27.0 Å². The lowest BCUT2D eigenvalue weighted by Gasteiger charge is -2.36. The number of aromatic amines is 1. The number of rotatable bonds is 3. The number of hydrogen-bond donors (Lipinski definition) is 1. The maximum absolute atomic E-state index is 12.8. The molecule has 0 unspecified atom stereocenters. The molecule has 1 N–H and O–H groups in total. The highest BCUT2D eigenvalue weighted by Gasteiger charge is 2.34. The van der Waals surface area contributed by atoms with Gasteiger partial charge in [0.15, 0.2) is 5.58 Å². The highest BCUT2D eigenvalue weighted by Crippen LogP contribution is 2.27. The fourth-order valence-corrected chi connectivity index (χ4v) is 5.17. The average Bonchev–Trinajstić information content (AvgIpc) is 3.18. The van der Waals surface area contributed by atoms with E-state index in [-0.39, 0.29) is 22.4 Å². The first-order valence-corrected chi connectivity index (χ1v) is 9.82. The molecule has 25 heavy (non-hydrogen) atoms. The van der Waals surface area contributed by atoms with E-state index in [1.54, 1.807) is 0 Å². The van der Waals surface area contributed by atoms with Gasteiger partial charge in [-0.1, -0.05) is 0 Å². The molecule has 1 amide bonds. The molecule has 1 aromatic heterocycles. The highest BCUT2D eigenvalue weighted by atomic mass is 32.2. The topological polar surface area (TPSA) is 104 Å². The van der Waals surface area contributed by atoms with Gasteiger partial charge in [0.25, 0.3) is 0 Å². The van der Waals surface area contributed by atoms with Crippen molar-refractivity contribution in [2.45, 2.75) is 36.6 Å². The maximum atomic E-state index is 12.8. The zero-order chi connectivity index (χ0) is 17.6. The Labute approximate surface area is 144 Å². The number of oxazole rings is 1. The van der Waals surface area contributed by atoms with Gasteiger partial charge < -0.3 is 9.32 Å². The lowest BCUT2D eigenvalue weighted by atomic mass is 10.1. The van der Waals surface area contributed by atoms with Crippen molar-refractivity contribution in [3.05, 3.63) is 28.7 Å². The molecule has 134 valence electrons. The predicted molar refractivity (Wildman–Crippen MR) is 89.6 cm³/mol. The summed E-state index contributed by atoms with van der Waals surface area (Å²) in [5.74, 6) is -0.435. The smallest absolute Gasteiger partial charge is 0.408 e. The van der Waals surface area contributed by atoms with Crippen molar-refractivity contribution < 1.29 is 17.6 Å². The van der Waals surface area contributed by atoms with Crippen LogP contribution in [0.15, 0.2) is 32.3 Å². The molecule has 1 aromatic carbocycles. The van der Waals surface area contributed by atoms with Crippen molar-refractivity contribution in [2.24, 2.45) is 0 Å². The van der Waals surface area contributed by atoms with Gasteiger partial charge in [-0.2, -0.15) is 4.31 Å². The Morgan fingerprint density at radius 1 is 1.12 bits per heavy atom. The van der Waals surface area contributed by atoms with Crippen LogP contribution in [0.25, 0.3) is 11.1 Å². The summed E-state index contributed by atoms with van der Waals surface area (Å²) in [5.41, 5.74) is 0.693. The Bertz CT molecular complexity index is 969. The van der Waals surface area contributed by atoms with Gasteiger partial charge in [0.2, 0.25) is 15.9 Å². The van der Waals surface area contributed by atoms with Crippen molar-refractivity contribution in [2.75, 3.05) is 19.6 Å². The first-order valence-electron chi connectivity index (χ1n) is 8.38. The third kappa shape index (κ3) is 2.87. The zero-order valence-electron chi connectivity index (χ0n) is 13.6. The Morgan fingerprint density at radius 2 is 1.88 bits per heavy atom. The van der Waals surface area contributed by atoms with Crippen LogP contribution in [0.1, 0.15) is 25.7 Å². The van der Waals surface area contributed by atoms with Crippen LogP contribution < -0.4 is 5.76 Å². The number of piperidine rings is 1. The van der Waals surface area contributed by atoms with Gasteiger partial charge in [0.05, 0.1) is 10.4 Å². The van der Waals surface area contributed by atoms with Crippen LogP contribution >= 0.6 is 0 Å². The number of nitrogens with zero attached hydrogens (tertiary/aromatic N) is 2. The first kappa shape index (κ1) is 16.3. The first-order chi connectivity index (χ1) is 11.9. The molecule has 2 aromatic rings. The van der Waals surface area contributed by atoms with Crippen LogP contribution in [0.5, 0.6) is 0 Å². The normalized spacial score (nSPS) is 20.6. The fourth-order valence-electron chi connectivity index (χ4n) is 3.68. The summed E-state index contributed by atoms with van der Waals surface area (Å²) >= 11 is 0. The number of H-pyrrole nitrogens is 1. The van der Waals surface area contributed by atoms with Crippen molar-refractivity contribution in [1.29, 1.82) is 0 Å². The number of amides is 1. The van der Waals surface area contributed by atoms with E-state index >= 15 is 0 Å². The lowest BCUT2D eigenvalue weighted by Crippen LogP contribution is -2.47. The van der Waals surface area contributed by atoms with Crippen molar-refractivity contribution in [1.82, 2.24) is 14.2 Å².